The molecule has 1 fully saturated rings. The molecule has 2 aromatic heterocycles. The monoisotopic (exact) mass is 522 g/mol. The lowest BCUT2D eigenvalue weighted by atomic mass is 10.1. The van der Waals surface area contributed by atoms with Gasteiger partial charge in [0.05, 0.1) is 6.33 Å². The number of hydrogen-bond acceptors (Lipinski definition) is 14. The van der Waals surface area contributed by atoms with E-state index in [2.05, 4.69) is 40.3 Å². The second-order valence-corrected chi connectivity index (χ2v) is 11.7. The summed E-state index contributed by atoms with van der Waals surface area (Å²) in [6, 6.07) is 0. The van der Waals surface area contributed by atoms with E-state index in [-0.39, 0.29) is 17.0 Å². The van der Waals surface area contributed by atoms with Gasteiger partial charge >= 0.3 is 15.6 Å². The van der Waals surface area contributed by atoms with Crippen LogP contribution in [0, 0.1) is 0 Å². The first kappa shape index (κ1) is 24.8. The SMILES string of the molecule is Nc1ncnc2c1ncn2[C@@H]1O[C@H](CO[P+]([O-])([S-])OP(=O)(O)OP(=O)(O)O)[C@@H](O)[C@H]1O. The van der Waals surface area contributed by atoms with E-state index in [0.29, 0.717) is 0 Å². The van der Waals surface area contributed by atoms with Gasteiger partial charge in [-0.25, -0.2) is 28.6 Å². The highest BCUT2D eigenvalue weighted by molar-refractivity contribution is 8.35. The summed E-state index contributed by atoms with van der Waals surface area (Å²) in [4.78, 5) is 50.1. The molecule has 1 aliphatic rings. The molecule has 21 heteroatoms. The molecule has 7 N–H and O–H groups in total. The van der Waals surface area contributed by atoms with E-state index in [1.54, 1.807) is 0 Å². The molecule has 6 atom stereocenters. The van der Waals surface area contributed by atoms with E-state index in [9.17, 15) is 29.1 Å². The zero-order chi connectivity index (χ0) is 23.2. The van der Waals surface area contributed by atoms with Crippen molar-refractivity contribution in [3.63, 3.8) is 0 Å². The third kappa shape index (κ3) is 5.96. The first-order chi connectivity index (χ1) is 14.2. The van der Waals surface area contributed by atoms with E-state index >= 15 is 0 Å². The molecular weight excluding hydrogens is 507 g/mol. The predicted molar refractivity (Wildman–Crippen MR) is 99.9 cm³/mol. The molecule has 1 saturated heterocycles. The number of nitrogen functional groups attached to an aromatic ring is 1. The molecule has 0 spiro atoms. The smallest absolute Gasteiger partial charge is 0.515 e. The van der Waals surface area contributed by atoms with Crippen molar-refractivity contribution >= 4 is 52.0 Å². The fourth-order valence-corrected chi connectivity index (χ4v) is 6.55. The van der Waals surface area contributed by atoms with Gasteiger partial charge in [-0.1, -0.05) is 0 Å². The molecule has 1 aliphatic heterocycles. The Labute approximate surface area is 178 Å². The Balaban J connectivity index is 1.68. The van der Waals surface area contributed by atoms with Crippen molar-refractivity contribution in [2.45, 2.75) is 24.5 Å². The fraction of sp³-hybridized carbons (Fsp3) is 0.500. The topological polar surface area (TPSA) is 265 Å². The molecule has 2 unspecified atom stereocenters. The van der Waals surface area contributed by atoms with Gasteiger partial charge in [-0.3, -0.25) is 4.57 Å². The summed E-state index contributed by atoms with van der Waals surface area (Å²) in [7, 11) is -15.9. The van der Waals surface area contributed by atoms with Gasteiger partial charge in [-0.2, -0.15) is 4.31 Å². The van der Waals surface area contributed by atoms with Crippen LogP contribution in [0.5, 0.6) is 0 Å². The predicted octanol–water partition coefficient (Wildman–Crippen LogP) is -2.14. The number of aliphatic hydroxyl groups is 2. The van der Waals surface area contributed by atoms with Gasteiger partial charge in [0.25, 0.3) is 0 Å². The number of ether oxygens (including phenoxy) is 1. The molecular formula is C10H15N5O12P3S-. The number of hydrogen-bond donors (Lipinski definition) is 6. The summed E-state index contributed by atoms with van der Waals surface area (Å²) >= 11 is 4.37. The van der Waals surface area contributed by atoms with Crippen LogP contribution in [0.3, 0.4) is 0 Å². The molecule has 3 heterocycles. The van der Waals surface area contributed by atoms with Crippen molar-refractivity contribution in [1.29, 1.82) is 0 Å². The van der Waals surface area contributed by atoms with Crippen LogP contribution in [0.15, 0.2) is 12.7 Å². The average Bonchev–Trinajstić information content (AvgIpc) is 3.13. The molecule has 0 bridgehead atoms. The summed E-state index contributed by atoms with van der Waals surface area (Å²) < 4.78 is 41.0. The van der Waals surface area contributed by atoms with Gasteiger partial charge in [0.15, 0.2) is 17.7 Å². The van der Waals surface area contributed by atoms with Crippen LogP contribution >= 0.6 is 22.8 Å². The zero-order valence-electron chi connectivity index (χ0n) is 14.9. The van der Waals surface area contributed by atoms with Crippen LogP contribution in [-0.2, 0) is 39.3 Å². The fourth-order valence-electron chi connectivity index (χ4n) is 2.62. The Hall–Kier alpha value is -0.810. The molecule has 3 rings (SSSR count). The first-order valence-electron chi connectivity index (χ1n) is 7.90. The summed E-state index contributed by atoms with van der Waals surface area (Å²) in [6.07, 6.45) is -3.39. The quantitative estimate of drug-likeness (QED) is 0.159. The van der Waals surface area contributed by atoms with Gasteiger partial charge in [0, 0.05) is 0 Å². The van der Waals surface area contributed by atoms with Crippen LogP contribution in [-0.4, -0.2) is 69.3 Å². The number of fused-ring (bicyclic) bond motifs is 1. The van der Waals surface area contributed by atoms with Gasteiger partial charge in [-0.05, 0) is 0 Å². The number of phosphoric acid groups is 2. The van der Waals surface area contributed by atoms with Crippen LogP contribution in [0.4, 0.5) is 5.82 Å². The number of nitrogens with zero attached hydrogens (tertiary/aromatic N) is 4. The number of aromatic nitrogens is 4. The molecule has 2 aromatic rings. The largest absolute Gasteiger partial charge is 0.648 e. The van der Waals surface area contributed by atoms with Crippen molar-refractivity contribution < 1.29 is 56.8 Å². The summed E-state index contributed by atoms with van der Waals surface area (Å²) in [5, 5.41) is 20.5. The van der Waals surface area contributed by atoms with Gasteiger partial charge in [0.2, 0.25) is 0 Å². The number of imidazole rings is 1. The maximum atomic E-state index is 12.0. The molecule has 0 saturated carbocycles. The van der Waals surface area contributed by atoms with Crippen molar-refractivity contribution in [3.05, 3.63) is 12.7 Å². The normalized spacial score (nSPS) is 28.5. The van der Waals surface area contributed by atoms with Crippen LogP contribution < -0.4 is 10.6 Å². The van der Waals surface area contributed by atoms with E-state index in [1.807, 2.05) is 0 Å². The lowest BCUT2D eigenvalue weighted by Crippen LogP contribution is -2.34. The Bertz CT molecular complexity index is 1050. The number of nitrogens with two attached hydrogens (primary N) is 1. The Morgan fingerprint density at radius 2 is 1.94 bits per heavy atom. The second-order valence-electron chi connectivity index (χ2n) is 5.99. The van der Waals surface area contributed by atoms with E-state index in [1.165, 1.54) is 10.9 Å². The van der Waals surface area contributed by atoms with Crippen LogP contribution in [0.2, 0.25) is 0 Å². The first-order valence-corrected chi connectivity index (χ1v) is 13.5. The Morgan fingerprint density at radius 3 is 2.58 bits per heavy atom. The van der Waals surface area contributed by atoms with Gasteiger partial charge in [0.1, 0.15) is 43.9 Å². The molecule has 0 aromatic carbocycles. The summed E-state index contributed by atoms with van der Waals surface area (Å²) in [5.41, 5.74) is 6.07. The van der Waals surface area contributed by atoms with Crippen LogP contribution in [0.1, 0.15) is 6.23 Å². The third-order valence-corrected chi connectivity index (χ3v) is 8.49. The van der Waals surface area contributed by atoms with Crippen molar-refractivity contribution in [3.8, 4) is 0 Å². The molecule has 174 valence electrons. The Kier molecular flexibility index (Phi) is 7.09. The molecule has 0 radical (unpaired) electrons. The third-order valence-electron chi connectivity index (χ3n) is 3.81. The van der Waals surface area contributed by atoms with E-state index in [4.69, 9.17) is 20.3 Å². The number of aliphatic hydroxyl groups excluding tert-OH is 2. The molecule has 0 aliphatic carbocycles. The summed E-state index contributed by atoms with van der Waals surface area (Å²) in [6.45, 7) is -0.810. The standard InChI is InChI=1S/C10H16N5O12P3S/c11-8-5-9(13-2-12-8)15(3-14-5)10-7(17)6(16)4(25-10)1-24-30(23,31)27-29(21,22)26-28(18,19)20/h2-4,6-7,10,16-17H,1H2,(H,21,22)(H,23,31)(H2,11,12,13)(H2,18,19,20)/p-1/t4-,6-,7-,10-,30?/m1/s1. The highest BCUT2D eigenvalue weighted by Gasteiger charge is 2.46. The van der Waals surface area contributed by atoms with E-state index < -0.39 is 53.9 Å². The highest BCUT2D eigenvalue weighted by atomic mass is 32.7. The lowest BCUT2D eigenvalue weighted by Gasteiger charge is -2.33. The van der Waals surface area contributed by atoms with Gasteiger partial charge in [-0.15, -0.1) is 4.31 Å². The van der Waals surface area contributed by atoms with Crippen molar-refractivity contribution in [1.82, 2.24) is 19.5 Å². The minimum Gasteiger partial charge on any atom is -0.648 e. The van der Waals surface area contributed by atoms with E-state index in [0.717, 1.165) is 6.33 Å². The minimum atomic E-state index is -5.55. The van der Waals surface area contributed by atoms with Crippen molar-refractivity contribution in [2.24, 2.45) is 0 Å². The summed E-state index contributed by atoms with van der Waals surface area (Å²) in [5.74, 6) is 0.0619. The minimum absolute atomic E-state index is 0.0619. The average molecular weight is 522 g/mol. The second kappa shape index (κ2) is 8.85. The maximum absolute atomic E-state index is 12.0. The Morgan fingerprint density at radius 1 is 1.26 bits per heavy atom. The molecule has 17 nitrogen and oxygen atoms in total. The molecule has 31 heavy (non-hydrogen) atoms. The molecule has 0 amide bonds. The van der Waals surface area contributed by atoms with Crippen molar-refractivity contribution in [2.75, 3.05) is 12.3 Å². The lowest BCUT2D eigenvalue weighted by molar-refractivity contribution is -0.205. The number of rotatable bonds is 8. The highest BCUT2D eigenvalue weighted by Crippen LogP contribution is 2.68. The maximum Gasteiger partial charge on any atom is 0.515 e. The van der Waals surface area contributed by atoms with Gasteiger partial charge < -0.3 is 52.5 Å². The van der Waals surface area contributed by atoms with Crippen LogP contribution in [0.25, 0.3) is 11.2 Å². The zero-order valence-corrected chi connectivity index (χ0v) is 18.4. The number of anilines is 1.